The number of fused-ring (bicyclic) bond motifs is 1. The van der Waals surface area contributed by atoms with Crippen molar-refractivity contribution in [2.24, 2.45) is 5.92 Å². The van der Waals surface area contributed by atoms with Crippen molar-refractivity contribution < 1.29 is 14.3 Å². The molecule has 1 saturated carbocycles. The number of carbonyl (C=O) groups is 2. The summed E-state index contributed by atoms with van der Waals surface area (Å²) < 4.78 is 5.59. The average Bonchev–Trinajstić information content (AvgIpc) is 3.51. The van der Waals surface area contributed by atoms with Crippen LogP contribution in [0.4, 0.5) is 0 Å². The van der Waals surface area contributed by atoms with Gasteiger partial charge in [-0.3, -0.25) is 14.4 Å². The zero-order chi connectivity index (χ0) is 22.1. The van der Waals surface area contributed by atoms with Gasteiger partial charge >= 0.3 is 0 Å². The first-order valence-electron chi connectivity index (χ1n) is 12.4. The molecule has 32 heavy (non-hydrogen) atoms. The average molecular weight is 443 g/mol. The molecule has 8 heteroatoms. The number of nitrogens with one attached hydrogen (secondary N) is 1. The number of aromatic nitrogens is 2. The Morgan fingerprint density at radius 2 is 1.88 bits per heavy atom. The van der Waals surface area contributed by atoms with Gasteiger partial charge in [0.05, 0.1) is 23.8 Å². The molecule has 1 N–H and O–H groups in total. The van der Waals surface area contributed by atoms with E-state index in [0.717, 1.165) is 44.2 Å². The van der Waals surface area contributed by atoms with Gasteiger partial charge in [-0.25, -0.2) is 4.98 Å². The Kier molecular flexibility index (Phi) is 6.31. The first-order valence-corrected chi connectivity index (χ1v) is 12.4. The Bertz CT molecular complexity index is 917. The Labute approximate surface area is 188 Å². The standard InChI is InChI=1S/C24H34N4O4/c29-21(14-16-6-2-1-3-7-16)27-12-10-18-17(15-27)23(30)26-22(25-18)19-8-4-11-28(19)24(31)20-9-5-13-32-20/h16,19-20H,1-15H2,(H,25,26,30)/t19-,20-/m0/s1. The molecule has 0 aromatic carbocycles. The van der Waals surface area contributed by atoms with Crippen LogP contribution in [0.15, 0.2) is 4.79 Å². The quantitative estimate of drug-likeness (QED) is 0.773. The summed E-state index contributed by atoms with van der Waals surface area (Å²) in [6.07, 6.45) is 10.2. The van der Waals surface area contributed by atoms with E-state index in [0.29, 0.717) is 56.4 Å². The normalized spacial score (nSPS) is 26.4. The number of rotatable bonds is 4. The summed E-state index contributed by atoms with van der Waals surface area (Å²) in [6, 6.07) is -0.198. The maximum atomic E-state index is 13.0. The van der Waals surface area contributed by atoms with Crippen LogP contribution in [0.5, 0.6) is 0 Å². The van der Waals surface area contributed by atoms with Crippen LogP contribution in [0.3, 0.4) is 0 Å². The van der Waals surface area contributed by atoms with E-state index >= 15 is 0 Å². The van der Waals surface area contributed by atoms with Crippen molar-refractivity contribution in [2.45, 2.75) is 89.3 Å². The van der Waals surface area contributed by atoms with Crippen molar-refractivity contribution in [3.8, 4) is 0 Å². The highest BCUT2D eigenvalue weighted by atomic mass is 16.5. The topological polar surface area (TPSA) is 95.6 Å². The minimum atomic E-state index is -0.358. The molecular formula is C24H34N4O4. The predicted octanol–water partition coefficient (Wildman–Crippen LogP) is 2.47. The minimum Gasteiger partial charge on any atom is -0.368 e. The molecule has 1 aromatic rings. The molecule has 0 spiro atoms. The third-order valence-electron chi connectivity index (χ3n) is 7.68. The van der Waals surface area contributed by atoms with E-state index in [1.807, 2.05) is 9.80 Å². The van der Waals surface area contributed by atoms with Gasteiger partial charge in [0.15, 0.2) is 0 Å². The molecule has 2 amide bonds. The van der Waals surface area contributed by atoms with Gasteiger partial charge in [0.1, 0.15) is 11.9 Å². The number of hydrogen-bond acceptors (Lipinski definition) is 5. The first-order chi connectivity index (χ1) is 15.6. The summed E-state index contributed by atoms with van der Waals surface area (Å²) in [5.41, 5.74) is 1.21. The highest BCUT2D eigenvalue weighted by molar-refractivity contribution is 5.81. The third-order valence-corrected chi connectivity index (χ3v) is 7.68. The van der Waals surface area contributed by atoms with Crippen LogP contribution in [0.25, 0.3) is 0 Å². The molecule has 0 unspecified atom stereocenters. The van der Waals surface area contributed by atoms with Crippen LogP contribution in [-0.2, 0) is 27.3 Å². The van der Waals surface area contributed by atoms with Gasteiger partial charge in [-0.05, 0) is 44.4 Å². The molecule has 0 bridgehead atoms. The van der Waals surface area contributed by atoms with Crippen molar-refractivity contribution in [1.29, 1.82) is 0 Å². The predicted molar refractivity (Wildman–Crippen MR) is 118 cm³/mol. The number of amides is 2. The zero-order valence-corrected chi connectivity index (χ0v) is 18.8. The Morgan fingerprint density at radius 1 is 1.03 bits per heavy atom. The van der Waals surface area contributed by atoms with Crippen LogP contribution in [-0.4, -0.2) is 57.4 Å². The van der Waals surface area contributed by atoms with E-state index in [4.69, 9.17) is 9.72 Å². The molecule has 2 atom stereocenters. The number of ether oxygens (including phenoxy) is 1. The molecule has 4 aliphatic rings. The lowest BCUT2D eigenvalue weighted by atomic mass is 9.86. The molecule has 3 fully saturated rings. The summed E-state index contributed by atoms with van der Waals surface area (Å²) in [7, 11) is 0. The molecule has 1 aliphatic carbocycles. The second-order valence-corrected chi connectivity index (χ2v) is 9.84. The number of hydrogen-bond donors (Lipinski definition) is 1. The summed E-state index contributed by atoms with van der Waals surface area (Å²) in [5, 5.41) is 0. The number of carbonyl (C=O) groups excluding carboxylic acids is 2. The van der Waals surface area contributed by atoms with Gasteiger partial charge in [-0.15, -0.1) is 0 Å². The molecule has 2 saturated heterocycles. The van der Waals surface area contributed by atoms with Gasteiger partial charge in [0.25, 0.3) is 11.5 Å². The molecule has 5 rings (SSSR count). The summed E-state index contributed by atoms with van der Waals surface area (Å²) >= 11 is 0. The minimum absolute atomic E-state index is 0.0184. The van der Waals surface area contributed by atoms with Crippen molar-refractivity contribution in [3.05, 3.63) is 27.4 Å². The fourth-order valence-corrected chi connectivity index (χ4v) is 5.85. The highest BCUT2D eigenvalue weighted by Crippen LogP contribution is 2.32. The van der Waals surface area contributed by atoms with Gasteiger partial charge in [-0.1, -0.05) is 19.3 Å². The SMILES string of the molecule is O=C(CC1CCCCC1)N1CCc2nc([C@@H]3CCCN3C(=O)[C@@H]3CCCO3)[nH]c(=O)c2C1. The fourth-order valence-electron chi connectivity index (χ4n) is 5.85. The second kappa shape index (κ2) is 9.33. The van der Waals surface area contributed by atoms with Gasteiger partial charge in [0, 0.05) is 32.5 Å². The van der Waals surface area contributed by atoms with E-state index in [1.165, 1.54) is 19.3 Å². The van der Waals surface area contributed by atoms with Crippen molar-refractivity contribution in [3.63, 3.8) is 0 Å². The lowest BCUT2D eigenvalue weighted by molar-refractivity contribution is -0.142. The molecular weight excluding hydrogens is 408 g/mol. The highest BCUT2D eigenvalue weighted by Gasteiger charge is 2.37. The van der Waals surface area contributed by atoms with E-state index < -0.39 is 0 Å². The Balaban J connectivity index is 1.29. The Hall–Kier alpha value is -2.22. The van der Waals surface area contributed by atoms with Crippen molar-refractivity contribution >= 4 is 11.8 Å². The molecule has 0 radical (unpaired) electrons. The van der Waals surface area contributed by atoms with E-state index in [1.54, 1.807) is 0 Å². The molecule has 3 aliphatic heterocycles. The molecule has 174 valence electrons. The molecule has 4 heterocycles. The third kappa shape index (κ3) is 4.34. The zero-order valence-electron chi connectivity index (χ0n) is 18.8. The number of nitrogens with zero attached hydrogens (tertiary/aromatic N) is 3. The summed E-state index contributed by atoms with van der Waals surface area (Å²) in [4.78, 5) is 50.2. The lowest BCUT2D eigenvalue weighted by Crippen LogP contribution is -2.42. The Morgan fingerprint density at radius 3 is 2.66 bits per heavy atom. The van der Waals surface area contributed by atoms with E-state index in [-0.39, 0.29) is 29.5 Å². The van der Waals surface area contributed by atoms with Gasteiger partial charge in [-0.2, -0.15) is 0 Å². The molecule has 8 nitrogen and oxygen atoms in total. The summed E-state index contributed by atoms with van der Waals surface area (Å²) in [5.74, 6) is 1.26. The maximum absolute atomic E-state index is 13.0. The van der Waals surface area contributed by atoms with Crippen molar-refractivity contribution in [1.82, 2.24) is 19.8 Å². The monoisotopic (exact) mass is 442 g/mol. The van der Waals surface area contributed by atoms with Crippen LogP contribution < -0.4 is 5.56 Å². The largest absolute Gasteiger partial charge is 0.368 e. The van der Waals surface area contributed by atoms with Crippen LogP contribution in [0.2, 0.25) is 0 Å². The number of aromatic amines is 1. The second-order valence-electron chi connectivity index (χ2n) is 9.84. The maximum Gasteiger partial charge on any atom is 0.256 e. The lowest BCUT2D eigenvalue weighted by Gasteiger charge is -2.31. The van der Waals surface area contributed by atoms with Gasteiger partial charge < -0.3 is 19.5 Å². The van der Waals surface area contributed by atoms with Crippen LogP contribution in [0.1, 0.15) is 87.3 Å². The molecule has 1 aromatic heterocycles. The smallest absolute Gasteiger partial charge is 0.256 e. The van der Waals surface area contributed by atoms with Crippen LogP contribution in [0, 0.1) is 5.92 Å². The van der Waals surface area contributed by atoms with Crippen LogP contribution >= 0.6 is 0 Å². The van der Waals surface area contributed by atoms with E-state index in [9.17, 15) is 14.4 Å². The van der Waals surface area contributed by atoms with Gasteiger partial charge in [0.2, 0.25) is 5.91 Å². The van der Waals surface area contributed by atoms with Crippen molar-refractivity contribution in [2.75, 3.05) is 19.7 Å². The number of likely N-dealkylation sites (tertiary alicyclic amines) is 1. The summed E-state index contributed by atoms with van der Waals surface area (Å²) in [6.45, 7) is 2.26. The van der Waals surface area contributed by atoms with E-state index in [2.05, 4.69) is 4.98 Å². The number of H-pyrrole nitrogens is 1. The fraction of sp³-hybridized carbons (Fsp3) is 0.750. The first kappa shape index (κ1) is 21.6.